The van der Waals surface area contributed by atoms with E-state index in [2.05, 4.69) is 24.4 Å². The molecule has 0 heterocycles. The van der Waals surface area contributed by atoms with Crippen LogP contribution in [0, 0.1) is 0 Å². The van der Waals surface area contributed by atoms with Gasteiger partial charge in [-0.05, 0) is 37.9 Å². The van der Waals surface area contributed by atoms with Crippen molar-refractivity contribution in [2.75, 3.05) is 12.8 Å². The van der Waals surface area contributed by atoms with Crippen molar-refractivity contribution in [2.45, 2.75) is 44.9 Å². The van der Waals surface area contributed by atoms with Crippen molar-refractivity contribution >= 4 is 9.84 Å². The molecule has 0 radical (unpaired) electrons. The maximum absolute atomic E-state index is 12.2. The van der Waals surface area contributed by atoms with E-state index in [1.165, 1.54) is 5.56 Å². The zero-order valence-electron chi connectivity index (χ0n) is 12.3. The van der Waals surface area contributed by atoms with Crippen molar-refractivity contribution in [3.05, 3.63) is 35.4 Å². The lowest BCUT2D eigenvalue weighted by molar-refractivity contribution is 0.561. The fourth-order valence-corrected chi connectivity index (χ4v) is 3.64. The van der Waals surface area contributed by atoms with Gasteiger partial charge in [0.2, 0.25) is 0 Å². The molecule has 108 valence electrons. The quantitative estimate of drug-likeness (QED) is 0.837. The smallest absolute Gasteiger partial charge is 0.154 e. The second kappa shape index (κ2) is 7.06. The van der Waals surface area contributed by atoms with E-state index in [0.717, 1.165) is 12.0 Å². The predicted molar refractivity (Wildman–Crippen MR) is 81.2 cm³/mol. The maximum Gasteiger partial charge on any atom is 0.154 e. The van der Waals surface area contributed by atoms with Gasteiger partial charge in [-0.25, -0.2) is 8.42 Å². The first-order valence-corrected chi connectivity index (χ1v) is 8.63. The van der Waals surface area contributed by atoms with E-state index in [4.69, 9.17) is 0 Å². The number of sulfone groups is 1. The topological polar surface area (TPSA) is 46.2 Å². The van der Waals surface area contributed by atoms with Crippen LogP contribution in [0.4, 0.5) is 0 Å². The molecule has 1 aromatic rings. The highest BCUT2D eigenvalue weighted by atomic mass is 32.2. The molecule has 0 aliphatic heterocycles. The second-order valence-corrected chi connectivity index (χ2v) is 7.45. The molecule has 0 aliphatic carbocycles. The standard InChI is InChI=1S/C15H25NO2S/c1-5-12(3)19(17,18)11-15(16-4)14-9-7-13(6-2)8-10-14/h7-10,12,15-16H,5-6,11H2,1-4H3. The van der Waals surface area contributed by atoms with Crippen LogP contribution in [0.25, 0.3) is 0 Å². The molecule has 1 aromatic carbocycles. The van der Waals surface area contributed by atoms with Crippen molar-refractivity contribution in [1.29, 1.82) is 0 Å². The minimum absolute atomic E-state index is 0.134. The summed E-state index contributed by atoms with van der Waals surface area (Å²) in [5.74, 6) is 0.157. The molecule has 4 heteroatoms. The van der Waals surface area contributed by atoms with Crippen LogP contribution in [-0.2, 0) is 16.3 Å². The third-order valence-electron chi connectivity index (χ3n) is 3.73. The van der Waals surface area contributed by atoms with E-state index in [-0.39, 0.29) is 17.0 Å². The summed E-state index contributed by atoms with van der Waals surface area (Å²) in [6.45, 7) is 5.80. The highest BCUT2D eigenvalue weighted by Crippen LogP contribution is 2.19. The van der Waals surface area contributed by atoms with Crippen LogP contribution in [0.1, 0.15) is 44.4 Å². The number of hydrogen-bond donors (Lipinski definition) is 1. The summed E-state index contributed by atoms with van der Waals surface area (Å²) in [4.78, 5) is 0. The molecule has 0 amide bonds. The minimum atomic E-state index is -3.05. The molecule has 2 unspecified atom stereocenters. The Morgan fingerprint density at radius 3 is 2.16 bits per heavy atom. The van der Waals surface area contributed by atoms with Gasteiger partial charge in [-0.2, -0.15) is 0 Å². The first-order chi connectivity index (χ1) is 8.94. The Labute approximate surface area is 117 Å². The van der Waals surface area contributed by atoms with Crippen molar-refractivity contribution in [3.63, 3.8) is 0 Å². The van der Waals surface area contributed by atoms with Gasteiger partial charge in [-0.1, -0.05) is 38.1 Å². The number of nitrogens with one attached hydrogen (secondary N) is 1. The Morgan fingerprint density at radius 1 is 1.16 bits per heavy atom. The van der Waals surface area contributed by atoms with Crippen LogP contribution in [0.15, 0.2) is 24.3 Å². The van der Waals surface area contributed by atoms with Crippen molar-refractivity contribution in [2.24, 2.45) is 0 Å². The summed E-state index contributed by atoms with van der Waals surface area (Å²) in [6, 6.07) is 8.04. The highest BCUT2D eigenvalue weighted by Gasteiger charge is 2.24. The average molecular weight is 283 g/mol. The zero-order chi connectivity index (χ0) is 14.5. The predicted octanol–water partition coefficient (Wildman–Crippen LogP) is 2.72. The lowest BCUT2D eigenvalue weighted by Gasteiger charge is -2.19. The summed E-state index contributed by atoms with van der Waals surface area (Å²) in [6.07, 6.45) is 1.66. The Bertz CT molecular complexity index is 479. The van der Waals surface area contributed by atoms with Gasteiger partial charge in [0, 0.05) is 6.04 Å². The fourth-order valence-electron chi connectivity index (χ4n) is 1.98. The van der Waals surface area contributed by atoms with Crippen molar-refractivity contribution in [3.8, 4) is 0 Å². The van der Waals surface area contributed by atoms with Crippen LogP contribution >= 0.6 is 0 Å². The molecule has 1 rings (SSSR count). The van der Waals surface area contributed by atoms with Gasteiger partial charge in [-0.3, -0.25) is 0 Å². The SMILES string of the molecule is CCc1ccc(C(CS(=O)(=O)C(C)CC)NC)cc1. The van der Waals surface area contributed by atoms with Gasteiger partial charge in [0.1, 0.15) is 0 Å². The van der Waals surface area contributed by atoms with Crippen LogP contribution < -0.4 is 5.32 Å². The lowest BCUT2D eigenvalue weighted by Crippen LogP contribution is -2.30. The molecule has 3 nitrogen and oxygen atoms in total. The van der Waals surface area contributed by atoms with Gasteiger partial charge in [0.25, 0.3) is 0 Å². The van der Waals surface area contributed by atoms with Crippen LogP contribution in [0.5, 0.6) is 0 Å². The first kappa shape index (κ1) is 16.2. The molecular formula is C15H25NO2S. The summed E-state index contributed by atoms with van der Waals surface area (Å²) >= 11 is 0. The molecule has 0 bridgehead atoms. The summed E-state index contributed by atoms with van der Waals surface area (Å²) in [5, 5.41) is 2.83. The molecule has 0 aliphatic rings. The van der Waals surface area contributed by atoms with Gasteiger partial charge in [0.05, 0.1) is 11.0 Å². The summed E-state index contributed by atoms with van der Waals surface area (Å²) in [5.41, 5.74) is 2.30. The molecule has 0 saturated heterocycles. The molecule has 2 atom stereocenters. The van der Waals surface area contributed by atoms with Gasteiger partial charge in [-0.15, -0.1) is 0 Å². The molecule has 0 spiro atoms. The number of aryl methyl sites for hydroxylation is 1. The Kier molecular flexibility index (Phi) is 6.01. The third kappa shape index (κ3) is 4.32. The highest BCUT2D eigenvalue weighted by molar-refractivity contribution is 7.92. The molecule has 0 aromatic heterocycles. The Balaban J connectivity index is 2.89. The number of benzene rings is 1. The van der Waals surface area contributed by atoms with Gasteiger partial charge < -0.3 is 5.32 Å². The van der Waals surface area contributed by atoms with Crippen LogP contribution in [0.3, 0.4) is 0 Å². The number of hydrogen-bond acceptors (Lipinski definition) is 3. The summed E-state index contributed by atoms with van der Waals surface area (Å²) in [7, 11) is -1.24. The van der Waals surface area contributed by atoms with Crippen molar-refractivity contribution < 1.29 is 8.42 Å². The van der Waals surface area contributed by atoms with Crippen molar-refractivity contribution in [1.82, 2.24) is 5.32 Å². The second-order valence-electron chi connectivity index (χ2n) is 4.98. The molecule has 0 fully saturated rings. The zero-order valence-corrected chi connectivity index (χ0v) is 13.1. The average Bonchev–Trinajstić information content (AvgIpc) is 2.44. The Morgan fingerprint density at radius 2 is 1.74 bits per heavy atom. The molecular weight excluding hydrogens is 258 g/mol. The van der Waals surface area contributed by atoms with Crippen LogP contribution in [-0.4, -0.2) is 26.5 Å². The molecule has 0 saturated carbocycles. The minimum Gasteiger partial charge on any atom is -0.312 e. The van der Waals surface area contributed by atoms with E-state index in [1.807, 2.05) is 26.1 Å². The molecule has 1 N–H and O–H groups in total. The van der Waals surface area contributed by atoms with E-state index >= 15 is 0 Å². The third-order valence-corrected chi connectivity index (χ3v) is 6.08. The largest absolute Gasteiger partial charge is 0.312 e. The van der Waals surface area contributed by atoms with E-state index in [1.54, 1.807) is 6.92 Å². The van der Waals surface area contributed by atoms with Gasteiger partial charge >= 0.3 is 0 Å². The van der Waals surface area contributed by atoms with Crippen LogP contribution in [0.2, 0.25) is 0 Å². The maximum atomic E-state index is 12.2. The summed E-state index contributed by atoms with van der Waals surface area (Å²) < 4.78 is 24.4. The fraction of sp³-hybridized carbons (Fsp3) is 0.600. The monoisotopic (exact) mass is 283 g/mol. The number of rotatable bonds is 7. The van der Waals surface area contributed by atoms with E-state index in [0.29, 0.717) is 6.42 Å². The Hall–Kier alpha value is -0.870. The first-order valence-electron chi connectivity index (χ1n) is 6.92. The van der Waals surface area contributed by atoms with E-state index < -0.39 is 9.84 Å². The van der Waals surface area contributed by atoms with Gasteiger partial charge in [0.15, 0.2) is 9.84 Å². The molecule has 19 heavy (non-hydrogen) atoms. The normalized spacial score (nSPS) is 15.2. The lowest BCUT2D eigenvalue weighted by atomic mass is 10.1. The van der Waals surface area contributed by atoms with E-state index in [9.17, 15) is 8.42 Å².